The minimum Gasteiger partial charge on any atom is -0.341 e. The maximum absolute atomic E-state index is 12.3. The molecule has 0 bridgehead atoms. The molecule has 2 aromatic rings. The Morgan fingerprint density at radius 1 is 1.39 bits per heavy atom. The Bertz CT molecular complexity index is 670. The van der Waals surface area contributed by atoms with Crippen molar-refractivity contribution in [1.29, 1.82) is 0 Å². The summed E-state index contributed by atoms with van der Waals surface area (Å²) in [7, 11) is 1.79. The number of aromatic nitrogens is 6. The van der Waals surface area contributed by atoms with Crippen molar-refractivity contribution in [1.82, 2.24) is 35.1 Å². The van der Waals surface area contributed by atoms with Crippen LogP contribution in [0, 0.1) is 0 Å². The fraction of sp³-hybridized carbons (Fsp3) is 0.643. The van der Waals surface area contributed by atoms with Crippen LogP contribution in [0.4, 0.5) is 0 Å². The maximum Gasteiger partial charge on any atom is 0.274 e. The van der Waals surface area contributed by atoms with Crippen LogP contribution >= 0.6 is 0 Å². The lowest BCUT2D eigenvalue weighted by molar-refractivity contribution is 0.0932. The average Bonchev–Trinajstić information content (AvgIpc) is 3.17. The van der Waals surface area contributed by atoms with E-state index < -0.39 is 0 Å². The third-order valence-electron chi connectivity index (χ3n) is 4.34. The summed E-state index contributed by atoms with van der Waals surface area (Å²) in [6, 6.07) is 0.303. The van der Waals surface area contributed by atoms with Gasteiger partial charge >= 0.3 is 0 Å². The van der Waals surface area contributed by atoms with Crippen molar-refractivity contribution in [3.63, 3.8) is 0 Å². The Morgan fingerprint density at radius 2 is 2.13 bits per heavy atom. The number of aryl methyl sites for hydroxylation is 1. The van der Waals surface area contributed by atoms with Crippen LogP contribution in [0.5, 0.6) is 0 Å². The first-order chi connectivity index (χ1) is 11.0. The summed E-state index contributed by atoms with van der Waals surface area (Å²) in [6.07, 6.45) is 7.08. The van der Waals surface area contributed by atoms with E-state index in [0.29, 0.717) is 11.5 Å². The van der Waals surface area contributed by atoms with Gasteiger partial charge < -0.3 is 11.1 Å². The van der Waals surface area contributed by atoms with E-state index in [1.807, 2.05) is 6.92 Å². The zero-order valence-electron chi connectivity index (χ0n) is 13.4. The first-order valence-electron chi connectivity index (χ1n) is 7.86. The molecule has 0 spiro atoms. The molecule has 9 nitrogen and oxygen atoms in total. The monoisotopic (exact) mass is 318 g/mol. The zero-order valence-corrected chi connectivity index (χ0v) is 13.4. The molecule has 3 rings (SSSR count). The van der Waals surface area contributed by atoms with Gasteiger partial charge in [-0.25, -0.2) is 9.67 Å². The van der Waals surface area contributed by atoms with Gasteiger partial charge in [-0.1, -0.05) is 5.21 Å². The lowest BCUT2D eigenvalue weighted by Gasteiger charge is -2.25. The molecule has 124 valence electrons. The fourth-order valence-corrected chi connectivity index (χ4v) is 2.96. The molecule has 0 aromatic carbocycles. The molecule has 23 heavy (non-hydrogen) atoms. The number of nitrogens with zero attached hydrogens (tertiary/aromatic N) is 6. The Balaban J connectivity index is 1.63. The quantitative estimate of drug-likeness (QED) is 0.839. The topological polar surface area (TPSA) is 117 Å². The minimum atomic E-state index is -0.265. The normalized spacial score (nSPS) is 22.7. The number of hydrogen-bond donors (Lipinski definition) is 2. The van der Waals surface area contributed by atoms with Gasteiger partial charge in [-0.2, -0.15) is 5.10 Å². The molecule has 1 unspecified atom stereocenters. The van der Waals surface area contributed by atoms with Gasteiger partial charge in [0.25, 0.3) is 5.91 Å². The number of nitrogens with one attached hydrogen (secondary N) is 1. The second-order valence-corrected chi connectivity index (χ2v) is 6.09. The summed E-state index contributed by atoms with van der Waals surface area (Å²) in [5, 5.41) is 15.0. The Morgan fingerprint density at radius 3 is 2.78 bits per heavy atom. The van der Waals surface area contributed by atoms with Crippen LogP contribution in [-0.2, 0) is 7.05 Å². The van der Waals surface area contributed by atoms with E-state index in [2.05, 4.69) is 25.7 Å². The van der Waals surface area contributed by atoms with Crippen LogP contribution < -0.4 is 11.1 Å². The van der Waals surface area contributed by atoms with Crippen molar-refractivity contribution in [2.75, 3.05) is 0 Å². The second kappa shape index (κ2) is 6.45. The van der Waals surface area contributed by atoms with E-state index in [1.54, 1.807) is 22.6 Å². The number of carbonyl (C=O) groups is 1. The Kier molecular flexibility index (Phi) is 4.37. The van der Waals surface area contributed by atoms with E-state index in [0.717, 1.165) is 25.7 Å². The molecule has 1 fully saturated rings. The summed E-state index contributed by atoms with van der Waals surface area (Å²) >= 11 is 0. The van der Waals surface area contributed by atoms with Crippen molar-refractivity contribution in [3.05, 3.63) is 24.0 Å². The van der Waals surface area contributed by atoms with E-state index in [4.69, 9.17) is 5.73 Å². The van der Waals surface area contributed by atoms with E-state index >= 15 is 0 Å². The van der Waals surface area contributed by atoms with Gasteiger partial charge in [0.2, 0.25) is 0 Å². The highest BCUT2D eigenvalue weighted by Crippen LogP contribution is 2.26. The Labute approximate surface area is 134 Å². The first kappa shape index (κ1) is 15.6. The van der Waals surface area contributed by atoms with Gasteiger partial charge in [-0.05, 0) is 32.6 Å². The van der Waals surface area contributed by atoms with Crippen molar-refractivity contribution in [3.8, 4) is 0 Å². The highest BCUT2D eigenvalue weighted by atomic mass is 16.2. The lowest BCUT2D eigenvalue weighted by atomic mass is 9.92. The molecule has 0 radical (unpaired) electrons. The van der Waals surface area contributed by atoms with E-state index in [1.165, 1.54) is 6.33 Å². The summed E-state index contributed by atoms with van der Waals surface area (Å²) in [5.41, 5.74) is 6.23. The van der Waals surface area contributed by atoms with Crippen LogP contribution in [0.1, 0.15) is 61.0 Å². The third kappa shape index (κ3) is 3.39. The maximum atomic E-state index is 12.3. The summed E-state index contributed by atoms with van der Waals surface area (Å²) in [4.78, 5) is 16.4. The molecule has 1 aliphatic rings. The molecule has 1 amide bonds. The molecule has 1 atom stereocenters. The lowest BCUT2D eigenvalue weighted by Crippen LogP contribution is -2.29. The number of carbonyl (C=O) groups excluding carboxylic acids is 1. The highest BCUT2D eigenvalue weighted by molar-refractivity contribution is 5.92. The van der Waals surface area contributed by atoms with Crippen LogP contribution in [0.25, 0.3) is 0 Å². The third-order valence-corrected chi connectivity index (χ3v) is 4.34. The largest absolute Gasteiger partial charge is 0.341 e. The zero-order chi connectivity index (χ0) is 16.4. The molecular weight excluding hydrogens is 296 g/mol. The summed E-state index contributed by atoms with van der Waals surface area (Å²) < 4.78 is 3.42. The summed E-state index contributed by atoms with van der Waals surface area (Å²) in [5.74, 6) is 0.422. The number of hydrogen-bond acceptors (Lipinski definition) is 6. The van der Waals surface area contributed by atoms with Gasteiger partial charge in [-0.15, -0.1) is 5.10 Å². The molecular formula is C14H22N8O. The average molecular weight is 318 g/mol. The van der Waals surface area contributed by atoms with Crippen molar-refractivity contribution >= 4 is 5.91 Å². The summed E-state index contributed by atoms with van der Waals surface area (Å²) in [6.45, 7) is 1.86. The molecule has 0 aliphatic heterocycles. The van der Waals surface area contributed by atoms with Crippen LogP contribution in [0.3, 0.4) is 0 Å². The van der Waals surface area contributed by atoms with E-state index in [9.17, 15) is 4.79 Å². The van der Waals surface area contributed by atoms with Crippen LogP contribution in [-0.4, -0.2) is 41.7 Å². The number of amides is 1. The SMILES string of the molecule is CC(NC(=O)c1cn(C2CCC(N)CC2)nn1)c1ncnn1C. The van der Waals surface area contributed by atoms with Gasteiger partial charge in [0.15, 0.2) is 5.69 Å². The highest BCUT2D eigenvalue weighted by Gasteiger charge is 2.23. The standard InChI is InChI=1S/C14H22N8O/c1-9(13-16-8-17-21(13)2)18-14(23)12-7-22(20-19-12)11-5-3-10(15)4-6-11/h7-11H,3-6,15H2,1-2H3,(H,18,23). The van der Waals surface area contributed by atoms with E-state index in [-0.39, 0.29) is 24.0 Å². The fourth-order valence-electron chi connectivity index (χ4n) is 2.96. The molecule has 2 heterocycles. The van der Waals surface area contributed by atoms with Gasteiger partial charge in [0.05, 0.1) is 18.3 Å². The van der Waals surface area contributed by atoms with Crippen LogP contribution in [0.15, 0.2) is 12.5 Å². The van der Waals surface area contributed by atoms with Crippen molar-refractivity contribution in [2.45, 2.75) is 50.7 Å². The molecule has 1 aliphatic carbocycles. The number of nitrogens with two attached hydrogens (primary N) is 1. The molecule has 9 heteroatoms. The molecule has 0 saturated heterocycles. The minimum absolute atomic E-state index is 0.257. The van der Waals surface area contributed by atoms with Crippen LogP contribution in [0.2, 0.25) is 0 Å². The molecule has 1 saturated carbocycles. The smallest absolute Gasteiger partial charge is 0.274 e. The first-order valence-corrected chi connectivity index (χ1v) is 7.86. The van der Waals surface area contributed by atoms with Gasteiger partial charge in [0, 0.05) is 13.1 Å². The van der Waals surface area contributed by atoms with Crippen molar-refractivity contribution < 1.29 is 4.79 Å². The van der Waals surface area contributed by atoms with Crippen molar-refractivity contribution in [2.24, 2.45) is 12.8 Å². The number of rotatable bonds is 4. The Hall–Kier alpha value is -2.29. The molecule has 2 aromatic heterocycles. The van der Waals surface area contributed by atoms with Gasteiger partial charge in [0.1, 0.15) is 12.2 Å². The van der Waals surface area contributed by atoms with Gasteiger partial charge in [-0.3, -0.25) is 9.48 Å². The molecule has 3 N–H and O–H groups in total. The predicted octanol–water partition coefficient (Wildman–Crippen LogP) is 0.340. The second-order valence-electron chi connectivity index (χ2n) is 6.09. The predicted molar refractivity (Wildman–Crippen MR) is 82.4 cm³/mol.